The van der Waals surface area contributed by atoms with Gasteiger partial charge >= 0.3 is 0 Å². The Morgan fingerprint density at radius 1 is 1.45 bits per heavy atom. The Morgan fingerprint density at radius 3 is 2.60 bits per heavy atom. The minimum Gasteiger partial charge on any atom is -0.466 e. The number of primary amides is 1. The molecule has 1 saturated heterocycles. The van der Waals surface area contributed by atoms with E-state index in [-0.39, 0.29) is 11.9 Å². The minimum atomic E-state index is -0.487. The van der Waals surface area contributed by atoms with Crippen molar-refractivity contribution in [2.75, 3.05) is 19.8 Å². The summed E-state index contributed by atoms with van der Waals surface area (Å²) in [5.74, 6) is 1.59. The summed E-state index contributed by atoms with van der Waals surface area (Å²) in [5, 5.41) is 3.43. The summed E-state index contributed by atoms with van der Waals surface area (Å²) < 4.78 is 10.9. The van der Waals surface area contributed by atoms with Crippen LogP contribution in [0, 0.1) is 19.3 Å². The number of aryl methyl sites for hydroxylation is 2. The van der Waals surface area contributed by atoms with Gasteiger partial charge in [-0.1, -0.05) is 0 Å². The normalized spacial score (nSPS) is 19.8. The van der Waals surface area contributed by atoms with Crippen molar-refractivity contribution in [2.24, 2.45) is 11.1 Å². The van der Waals surface area contributed by atoms with Gasteiger partial charge < -0.3 is 20.2 Å². The Labute approximate surface area is 119 Å². The highest BCUT2D eigenvalue weighted by Crippen LogP contribution is 2.30. The van der Waals surface area contributed by atoms with Crippen molar-refractivity contribution in [1.29, 1.82) is 0 Å². The van der Waals surface area contributed by atoms with Crippen molar-refractivity contribution in [3.05, 3.63) is 23.2 Å². The smallest absolute Gasteiger partial charge is 0.225 e. The summed E-state index contributed by atoms with van der Waals surface area (Å²) in [5.41, 5.74) is 6.25. The van der Waals surface area contributed by atoms with Crippen LogP contribution in [-0.4, -0.2) is 25.7 Å². The van der Waals surface area contributed by atoms with E-state index in [1.165, 1.54) is 0 Å². The molecule has 5 nitrogen and oxygen atoms in total. The zero-order chi connectivity index (χ0) is 14.8. The molecule has 1 amide bonds. The van der Waals surface area contributed by atoms with Crippen LogP contribution in [0.5, 0.6) is 0 Å². The van der Waals surface area contributed by atoms with E-state index in [0.29, 0.717) is 32.6 Å². The number of hydrogen-bond acceptors (Lipinski definition) is 4. The van der Waals surface area contributed by atoms with E-state index in [0.717, 1.165) is 17.1 Å². The lowest BCUT2D eigenvalue weighted by Gasteiger charge is -2.35. The maximum atomic E-state index is 11.8. The zero-order valence-electron chi connectivity index (χ0n) is 12.5. The molecule has 0 radical (unpaired) electrons. The Bertz CT molecular complexity index is 475. The average Bonchev–Trinajstić information content (AvgIpc) is 2.76. The third kappa shape index (κ3) is 3.04. The number of carbonyl (C=O) groups is 1. The quantitative estimate of drug-likeness (QED) is 0.862. The molecule has 20 heavy (non-hydrogen) atoms. The molecule has 1 atom stereocenters. The van der Waals surface area contributed by atoms with E-state index in [1.807, 2.05) is 19.9 Å². The number of amides is 1. The predicted octanol–water partition coefficient (Wildman–Crippen LogP) is 1.83. The molecule has 1 fully saturated rings. The molecule has 2 heterocycles. The van der Waals surface area contributed by atoms with Crippen LogP contribution in [0.3, 0.4) is 0 Å². The Balaban J connectivity index is 2.02. The molecule has 3 N–H and O–H groups in total. The molecule has 1 aromatic rings. The van der Waals surface area contributed by atoms with Crippen molar-refractivity contribution in [2.45, 2.75) is 39.7 Å². The van der Waals surface area contributed by atoms with Crippen LogP contribution in [0.2, 0.25) is 0 Å². The second-order valence-corrected chi connectivity index (χ2v) is 5.73. The standard InChI is InChI=1S/C15H24N2O3/c1-10-8-13(12(3)20-10)11(2)17-9-15(14(16)18)4-6-19-7-5-15/h8,11,17H,4-7,9H2,1-3H3,(H2,16,18). The molecule has 0 saturated carbocycles. The van der Waals surface area contributed by atoms with Gasteiger partial charge in [0.15, 0.2) is 0 Å². The number of carbonyl (C=O) groups excluding carboxylic acids is 1. The molecule has 0 spiro atoms. The molecule has 1 aliphatic rings. The highest BCUT2D eigenvalue weighted by molar-refractivity contribution is 5.81. The van der Waals surface area contributed by atoms with Gasteiger partial charge in [0.1, 0.15) is 11.5 Å². The first-order valence-electron chi connectivity index (χ1n) is 7.12. The summed E-state index contributed by atoms with van der Waals surface area (Å²) in [6, 6.07) is 2.17. The van der Waals surface area contributed by atoms with Gasteiger partial charge in [0.05, 0.1) is 5.41 Å². The van der Waals surface area contributed by atoms with Crippen molar-refractivity contribution in [3.8, 4) is 0 Å². The van der Waals surface area contributed by atoms with Gasteiger partial charge in [-0.15, -0.1) is 0 Å². The van der Waals surface area contributed by atoms with Gasteiger partial charge in [0.2, 0.25) is 5.91 Å². The van der Waals surface area contributed by atoms with Gasteiger partial charge in [0, 0.05) is 31.4 Å². The van der Waals surface area contributed by atoms with Gasteiger partial charge in [-0.05, 0) is 39.7 Å². The summed E-state index contributed by atoms with van der Waals surface area (Å²) >= 11 is 0. The molecule has 0 aliphatic carbocycles. The van der Waals surface area contributed by atoms with Crippen molar-refractivity contribution >= 4 is 5.91 Å². The topological polar surface area (TPSA) is 77.5 Å². The van der Waals surface area contributed by atoms with Crippen LogP contribution >= 0.6 is 0 Å². The van der Waals surface area contributed by atoms with Crippen molar-refractivity contribution in [1.82, 2.24) is 5.32 Å². The maximum absolute atomic E-state index is 11.8. The number of rotatable bonds is 5. The van der Waals surface area contributed by atoms with Crippen molar-refractivity contribution < 1.29 is 13.9 Å². The van der Waals surface area contributed by atoms with Gasteiger partial charge in [-0.3, -0.25) is 4.79 Å². The molecule has 1 unspecified atom stereocenters. The third-order valence-corrected chi connectivity index (χ3v) is 4.27. The fourth-order valence-corrected chi connectivity index (χ4v) is 2.81. The average molecular weight is 280 g/mol. The molecule has 5 heteroatoms. The van der Waals surface area contributed by atoms with Crippen LogP contribution in [0.15, 0.2) is 10.5 Å². The largest absolute Gasteiger partial charge is 0.466 e. The first-order chi connectivity index (χ1) is 9.44. The number of ether oxygens (including phenoxy) is 1. The lowest BCUT2D eigenvalue weighted by Crippen LogP contribution is -2.48. The summed E-state index contributed by atoms with van der Waals surface area (Å²) in [4.78, 5) is 11.8. The Morgan fingerprint density at radius 2 is 2.10 bits per heavy atom. The van der Waals surface area contributed by atoms with E-state index in [4.69, 9.17) is 14.9 Å². The maximum Gasteiger partial charge on any atom is 0.225 e. The molecule has 112 valence electrons. The minimum absolute atomic E-state index is 0.131. The van der Waals surface area contributed by atoms with Gasteiger partial charge in [0.25, 0.3) is 0 Å². The van der Waals surface area contributed by atoms with E-state index < -0.39 is 5.41 Å². The molecule has 0 bridgehead atoms. The van der Waals surface area contributed by atoms with E-state index >= 15 is 0 Å². The predicted molar refractivity (Wildman–Crippen MR) is 76.3 cm³/mol. The Kier molecular flexibility index (Phi) is 4.50. The molecular formula is C15H24N2O3. The lowest BCUT2D eigenvalue weighted by molar-refractivity contribution is -0.133. The summed E-state index contributed by atoms with van der Waals surface area (Å²) in [6.45, 7) is 7.75. The first kappa shape index (κ1) is 15.1. The molecular weight excluding hydrogens is 256 g/mol. The number of hydrogen-bond donors (Lipinski definition) is 2. The number of nitrogens with two attached hydrogens (primary N) is 1. The molecule has 2 rings (SSSR count). The fourth-order valence-electron chi connectivity index (χ4n) is 2.81. The number of furan rings is 1. The second kappa shape index (κ2) is 5.97. The fraction of sp³-hybridized carbons (Fsp3) is 0.667. The highest BCUT2D eigenvalue weighted by Gasteiger charge is 2.38. The van der Waals surface area contributed by atoms with Crippen LogP contribution in [0.4, 0.5) is 0 Å². The van der Waals surface area contributed by atoms with Crippen LogP contribution in [-0.2, 0) is 9.53 Å². The summed E-state index contributed by atoms with van der Waals surface area (Å²) in [6.07, 6.45) is 1.37. The third-order valence-electron chi connectivity index (χ3n) is 4.27. The van der Waals surface area contributed by atoms with E-state index in [9.17, 15) is 4.79 Å². The zero-order valence-corrected chi connectivity index (χ0v) is 12.5. The second-order valence-electron chi connectivity index (χ2n) is 5.73. The Hall–Kier alpha value is -1.33. The monoisotopic (exact) mass is 280 g/mol. The summed E-state index contributed by atoms with van der Waals surface area (Å²) in [7, 11) is 0. The van der Waals surface area contributed by atoms with Crippen LogP contribution in [0.1, 0.15) is 42.9 Å². The highest BCUT2D eigenvalue weighted by atomic mass is 16.5. The van der Waals surface area contributed by atoms with Crippen molar-refractivity contribution in [3.63, 3.8) is 0 Å². The molecule has 1 aliphatic heterocycles. The lowest BCUT2D eigenvalue weighted by atomic mass is 9.79. The van der Waals surface area contributed by atoms with Crippen LogP contribution in [0.25, 0.3) is 0 Å². The van der Waals surface area contributed by atoms with Gasteiger partial charge in [-0.2, -0.15) is 0 Å². The molecule has 0 aromatic carbocycles. The number of nitrogens with one attached hydrogen (secondary N) is 1. The van der Waals surface area contributed by atoms with Gasteiger partial charge in [-0.25, -0.2) is 0 Å². The SMILES string of the molecule is Cc1cc(C(C)NCC2(C(N)=O)CCOCC2)c(C)o1. The van der Waals surface area contributed by atoms with Crippen LogP contribution < -0.4 is 11.1 Å². The first-order valence-corrected chi connectivity index (χ1v) is 7.12. The molecule has 1 aromatic heterocycles. The van der Waals surface area contributed by atoms with E-state index in [2.05, 4.69) is 12.2 Å². The van der Waals surface area contributed by atoms with E-state index in [1.54, 1.807) is 0 Å².